The van der Waals surface area contributed by atoms with Crippen molar-refractivity contribution in [2.45, 2.75) is 45.6 Å². The molecule has 2 fully saturated rings. The Morgan fingerprint density at radius 1 is 1.32 bits per heavy atom. The summed E-state index contributed by atoms with van der Waals surface area (Å²) in [6.45, 7) is 5.72. The molecule has 25 heavy (non-hydrogen) atoms. The van der Waals surface area contributed by atoms with Crippen molar-refractivity contribution in [1.82, 2.24) is 10.6 Å². The van der Waals surface area contributed by atoms with Crippen LogP contribution in [0, 0.1) is 17.8 Å². The van der Waals surface area contributed by atoms with Gasteiger partial charge < -0.3 is 15.4 Å². The molecule has 2 N–H and O–H groups in total. The number of para-hydroxylation sites is 1. The van der Waals surface area contributed by atoms with Crippen molar-refractivity contribution in [3.63, 3.8) is 0 Å². The first-order chi connectivity index (χ1) is 11.7. The number of ether oxygens (including phenoxy) is 1. The number of carbonyl (C=O) groups excluding carboxylic acids is 1. The molecule has 1 aromatic rings. The fraction of sp³-hybridized carbons (Fsp3) is 0.650. The van der Waals surface area contributed by atoms with Crippen molar-refractivity contribution >= 4 is 18.3 Å². The molecule has 1 aliphatic heterocycles. The zero-order valence-corrected chi connectivity index (χ0v) is 15.9. The highest BCUT2D eigenvalue weighted by Gasteiger charge is 2.23. The SMILES string of the molecule is CC(CC(=O)NCc1ccccc1OCC1CC1)C1CCCNC1.Cl. The third-order valence-electron chi connectivity index (χ3n) is 5.27. The van der Waals surface area contributed by atoms with Gasteiger partial charge in [-0.1, -0.05) is 25.1 Å². The fourth-order valence-electron chi connectivity index (χ4n) is 3.37. The summed E-state index contributed by atoms with van der Waals surface area (Å²) in [4.78, 5) is 12.3. The van der Waals surface area contributed by atoms with E-state index in [4.69, 9.17) is 4.74 Å². The van der Waals surface area contributed by atoms with E-state index in [1.54, 1.807) is 0 Å². The number of rotatable bonds is 8. The van der Waals surface area contributed by atoms with Crippen LogP contribution in [-0.2, 0) is 11.3 Å². The largest absolute Gasteiger partial charge is 0.493 e. The lowest BCUT2D eigenvalue weighted by Crippen LogP contribution is -2.35. The fourth-order valence-corrected chi connectivity index (χ4v) is 3.37. The minimum atomic E-state index is 0. The van der Waals surface area contributed by atoms with Gasteiger partial charge in [0.15, 0.2) is 0 Å². The molecule has 1 amide bonds. The molecule has 1 aliphatic carbocycles. The Labute approximate surface area is 157 Å². The highest BCUT2D eigenvalue weighted by atomic mass is 35.5. The Hall–Kier alpha value is -1.26. The second kappa shape index (κ2) is 10.0. The summed E-state index contributed by atoms with van der Waals surface area (Å²) in [5, 5.41) is 6.51. The van der Waals surface area contributed by atoms with Gasteiger partial charge in [0.25, 0.3) is 0 Å². The van der Waals surface area contributed by atoms with Gasteiger partial charge in [-0.15, -0.1) is 12.4 Å². The highest BCUT2D eigenvalue weighted by molar-refractivity contribution is 5.85. The van der Waals surface area contributed by atoms with E-state index in [2.05, 4.69) is 17.6 Å². The average Bonchev–Trinajstić information content (AvgIpc) is 3.44. The van der Waals surface area contributed by atoms with Gasteiger partial charge in [-0.25, -0.2) is 0 Å². The highest BCUT2D eigenvalue weighted by Crippen LogP contribution is 2.30. The molecule has 0 aromatic heterocycles. The van der Waals surface area contributed by atoms with Crippen LogP contribution < -0.4 is 15.4 Å². The van der Waals surface area contributed by atoms with Crippen molar-refractivity contribution < 1.29 is 9.53 Å². The lowest BCUT2D eigenvalue weighted by molar-refractivity contribution is -0.122. The van der Waals surface area contributed by atoms with Gasteiger partial charge in [0.2, 0.25) is 5.91 Å². The molecule has 0 spiro atoms. The lowest BCUT2D eigenvalue weighted by Gasteiger charge is -2.28. The van der Waals surface area contributed by atoms with E-state index in [-0.39, 0.29) is 18.3 Å². The second-order valence-corrected chi connectivity index (χ2v) is 7.43. The normalized spacial score (nSPS) is 21.1. The molecule has 140 valence electrons. The van der Waals surface area contributed by atoms with E-state index in [1.807, 2.05) is 24.3 Å². The predicted molar refractivity (Wildman–Crippen MR) is 103 cm³/mol. The number of piperidine rings is 1. The molecule has 2 aliphatic rings. The Morgan fingerprint density at radius 2 is 2.12 bits per heavy atom. The number of hydrogen-bond donors (Lipinski definition) is 2. The van der Waals surface area contributed by atoms with Gasteiger partial charge in [-0.3, -0.25) is 4.79 Å². The summed E-state index contributed by atoms with van der Waals surface area (Å²) in [5.74, 6) is 2.84. The second-order valence-electron chi connectivity index (χ2n) is 7.43. The van der Waals surface area contributed by atoms with Gasteiger partial charge in [0, 0.05) is 18.5 Å². The smallest absolute Gasteiger partial charge is 0.220 e. The van der Waals surface area contributed by atoms with Crippen LogP contribution in [0.2, 0.25) is 0 Å². The van der Waals surface area contributed by atoms with E-state index < -0.39 is 0 Å². The molecule has 3 rings (SSSR count). The zero-order chi connectivity index (χ0) is 16.8. The Kier molecular flexibility index (Phi) is 8.04. The number of benzene rings is 1. The molecule has 4 nitrogen and oxygen atoms in total. The van der Waals surface area contributed by atoms with Crippen molar-refractivity contribution in [2.75, 3.05) is 19.7 Å². The van der Waals surface area contributed by atoms with Crippen LogP contribution in [0.1, 0.15) is 44.6 Å². The lowest BCUT2D eigenvalue weighted by atomic mass is 9.85. The molecular formula is C20H31ClN2O2. The third kappa shape index (κ3) is 6.52. The molecule has 2 unspecified atom stereocenters. The Morgan fingerprint density at radius 3 is 2.84 bits per heavy atom. The van der Waals surface area contributed by atoms with Crippen LogP contribution in [0.25, 0.3) is 0 Å². The predicted octanol–water partition coefficient (Wildman–Crippen LogP) is 3.54. The number of amides is 1. The maximum absolute atomic E-state index is 12.3. The number of halogens is 1. The van der Waals surface area contributed by atoms with Crippen molar-refractivity contribution in [3.8, 4) is 5.75 Å². The molecule has 1 heterocycles. The molecule has 0 bridgehead atoms. The number of nitrogens with one attached hydrogen (secondary N) is 2. The van der Waals surface area contributed by atoms with Crippen LogP contribution in [0.5, 0.6) is 5.75 Å². The first-order valence-electron chi connectivity index (χ1n) is 9.40. The monoisotopic (exact) mass is 366 g/mol. The van der Waals surface area contributed by atoms with Gasteiger partial charge >= 0.3 is 0 Å². The van der Waals surface area contributed by atoms with E-state index in [1.165, 1.54) is 25.7 Å². The van der Waals surface area contributed by atoms with Gasteiger partial charge in [0.1, 0.15) is 5.75 Å². The first-order valence-corrected chi connectivity index (χ1v) is 9.40. The molecule has 0 radical (unpaired) electrons. The van der Waals surface area contributed by atoms with Crippen LogP contribution in [0.4, 0.5) is 0 Å². The van der Waals surface area contributed by atoms with Crippen molar-refractivity contribution in [3.05, 3.63) is 29.8 Å². The first kappa shape index (κ1) is 20.1. The maximum atomic E-state index is 12.3. The molecular weight excluding hydrogens is 336 g/mol. The topological polar surface area (TPSA) is 50.4 Å². The van der Waals surface area contributed by atoms with Gasteiger partial charge in [0.05, 0.1) is 6.61 Å². The van der Waals surface area contributed by atoms with Crippen molar-refractivity contribution in [1.29, 1.82) is 0 Å². The quantitative estimate of drug-likeness (QED) is 0.739. The minimum Gasteiger partial charge on any atom is -0.493 e. The number of carbonyl (C=O) groups is 1. The summed E-state index contributed by atoms with van der Waals surface area (Å²) in [7, 11) is 0. The van der Waals surface area contributed by atoms with Crippen LogP contribution in [0.15, 0.2) is 24.3 Å². The summed E-state index contributed by atoms with van der Waals surface area (Å²) >= 11 is 0. The van der Waals surface area contributed by atoms with Crippen molar-refractivity contribution in [2.24, 2.45) is 17.8 Å². The van der Waals surface area contributed by atoms with Crippen LogP contribution in [-0.4, -0.2) is 25.6 Å². The molecule has 2 atom stereocenters. The standard InChI is InChI=1S/C20H30N2O2.ClH/c1-15(17-6-4-10-21-12-17)11-20(23)22-13-18-5-2-3-7-19(18)24-14-16-8-9-16;/h2-3,5,7,15-17,21H,4,6,8-14H2,1H3,(H,22,23);1H. The summed E-state index contributed by atoms with van der Waals surface area (Å²) in [6, 6.07) is 8.03. The van der Waals surface area contributed by atoms with E-state index in [0.717, 1.165) is 36.9 Å². The van der Waals surface area contributed by atoms with E-state index in [0.29, 0.717) is 24.8 Å². The summed E-state index contributed by atoms with van der Waals surface area (Å²) in [5.41, 5.74) is 1.07. The Balaban J connectivity index is 0.00000225. The third-order valence-corrected chi connectivity index (χ3v) is 5.27. The van der Waals surface area contributed by atoms with Crippen LogP contribution in [0.3, 0.4) is 0 Å². The summed E-state index contributed by atoms with van der Waals surface area (Å²) in [6.07, 6.45) is 5.64. The zero-order valence-electron chi connectivity index (χ0n) is 15.1. The number of hydrogen-bond acceptors (Lipinski definition) is 3. The molecule has 1 aromatic carbocycles. The maximum Gasteiger partial charge on any atom is 0.220 e. The van der Waals surface area contributed by atoms with Crippen LogP contribution >= 0.6 is 12.4 Å². The van der Waals surface area contributed by atoms with E-state index in [9.17, 15) is 4.79 Å². The molecule has 1 saturated carbocycles. The minimum absolute atomic E-state index is 0. The van der Waals surface area contributed by atoms with Gasteiger partial charge in [-0.2, -0.15) is 0 Å². The Bertz CT molecular complexity index is 542. The molecule has 1 saturated heterocycles. The van der Waals surface area contributed by atoms with E-state index >= 15 is 0 Å². The molecule has 5 heteroatoms. The van der Waals surface area contributed by atoms with Gasteiger partial charge in [-0.05, 0) is 62.6 Å². The average molecular weight is 367 g/mol. The summed E-state index contributed by atoms with van der Waals surface area (Å²) < 4.78 is 5.91.